The number of sulfone groups is 1. The van der Waals surface area contributed by atoms with Crippen LogP contribution in [0.2, 0.25) is 0 Å². The average molecular weight is 320 g/mol. The summed E-state index contributed by atoms with van der Waals surface area (Å²) in [5.41, 5.74) is -0.183. The van der Waals surface area contributed by atoms with E-state index in [1.54, 1.807) is 11.9 Å². The number of hydrogen-bond acceptors (Lipinski definition) is 7. The number of thiophene rings is 1. The third-order valence-electron chi connectivity index (χ3n) is 3.32. The Hall–Kier alpha value is -1.19. The maximum absolute atomic E-state index is 11.5. The van der Waals surface area contributed by atoms with Crippen molar-refractivity contribution < 1.29 is 18.4 Å². The minimum atomic E-state index is -3.45. The summed E-state index contributed by atoms with van der Waals surface area (Å²) in [5.74, 6) is 0.290. The summed E-state index contributed by atoms with van der Waals surface area (Å²) in [5, 5.41) is 20.6. The van der Waals surface area contributed by atoms with E-state index in [-0.39, 0.29) is 16.0 Å². The van der Waals surface area contributed by atoms with Crippen molar-refractivity contribution in [2.75, 3.05) is 24.7 Å². The van der Waals surface area contributed by atoms with E-state index in [4.69, 9.17) is 0 Å². The number of hydrogen-bond donors (Lipinski definition) is 1. The highest BCUT2D eigenvalue weighted by atomic mass is 32.2. The lowest BCUT2D eigenvalue weighted by atomic mass is 9.82. The number of rotatable bonds is 5. The van der Waals surface area contributed by atoms with Crippen LogP contribution in [0.15, 0.2) is 10.3 Å². The van der Waals surface area contributed by atoms with Gasteiger partial charge in [-0.2, -0.15) is 0 Å². The maximum atomic E-state index is 11.5. The van der Waals surface area contributed by atoms with Crippen LogP contribution in [0, 0.1) is 16.0 Å². The van der Waals surface area contributed by atoms with Gasteiger partial charge < -0.3 is 10.0 Å². The van der Waals surface area contributed by atoms with Gasteiger partial charge in [-0.1, -0.05) is 11.3 Å². The van der Waals surface area contributed by atoms with E-state index in [1.807, 2.05) is 0 Å². The number of aliphatic hydroxyl groups excluding tert-OH is 1. The summed E-state index contributed by atoms with van der Waals surface area (Å²) in [7, 11) is -1.75. The molecule has 9 heteroatoms. The Balaban J connectivity index is 2.25. The monoisotopic (exact) mass is 320 g/mol. The summed E-state index contributed by atoms with van der Waals surface area (Å²) in [6.07, 6.45) is 2.12. The van der Waals surface area contributed by atoms with Crippen LogP contribution in [0.25, 0.3) is 0 Å². The predicted octanol–water partition coefficient (Wildman–Crippen LogP) is 1.27. The Morgan fingerprint density at radius 2 is 2.15 bits per heavy atom. The molecular formula is C11H16N2O5S2. The molecule has 1 saturated carbocycles. The molecule has 1 aromatic heterocycles. The van der Waals surface area contributed by atoms with E-state index in [0.717, 1.165) is 23.7 Å². The van der Waals surface area contributed by atoms with Crippen LogP contribution in [-0.4, -0.2) is 44.4 Å². The van der Waals surface area contributed by atoms with Crippen molar-refractivity contribution >= 4 is 31.9 Å². The molecule has 0 radical (unpaired) electrons. The fourth-order valence-corrected chi connectivity index (χ4v) is 4.25. The van der Waals surface area contributed by atoms with Gasteiger partial charge in [-0.05, 0) is 18.8 Å². The number of aliphatic hydroxyl groups is 1. The molecule has 1 N–H and O–H groups in total. The number of nitrogens with zero attached hydrogens (tertiary/aromatic N) is 2. The number of anilines is 1. The lowest BCUT2D eigenvalue weighted by Crippen LogP contribution is -2.37. The fourth-order valence-electron chi connectivity index (χ4n) is 2.26. The van der Waals surface area contributed by atoms with Crippen LogP contribution in [0.4, 0.5) is 10.7 Å². The standard InChI is InChI=1S/C11H16N2O5S2/c1-12(6-7-3-8(14)4-7)11-9(13(15)16)5-10(19-11)20(2,17)18/h5,7-8,14H,3-4,6H2,1-2H3. The largest absolute Gasteiger partial charge is 0.393 e. The van der Waals surface area contributed by atoms with Gasteiger partial charge in [0.1, 0.15) is 4.21 Å². The Bertz CT molecular complexity index is 619. The van der Waals surface area contributed by atoms with Gasteiger partial charge in [-0.15, -0.1) is 0 Å². The summed E-state index contributed by atoms with van der Waals surface area (Å²) < 4.78 is 23.0. The summed E-state index contributed by atoms with van der Waals surface area (Å²) in [6.45, 7) is 0.571. The van der Waals surface area contributed by atoms with Crippen molar-refractivity contribution in [3.05, 3.63) is 16.2 Å². The Kier molecular flexibility index (Phi) is 4.03. The van der Waals surface area contributed by atoms with Crippen LogP contribution in [-0.2, 0) is 9.84 Å². The molecule has 0 aromatic carbocycles. The molecule has 112 valence electrons. The van der Waals surface area contributed by atoms with Gasteiger partial charge >= 0.3 is 5.69 Å². The first-order valence-corrected chi connectivity index (χ1v) is 8.76. The molecule has 0 spiro atoms. The van der Waals surface area contributed by atoms with Gasteiger partial charge in [0.15, 0.2) is 14.8 Å². The van der Waals surface area contributed by atoms with Gasteiger partial charge in [-0.3, -0.25) is 10.1 Å². The molecule has 7 nitrogen and oxygen atoms in total. The second kappa shape index (κ2) is 5.30. The second-order valence-electron chi connectivity index (χ2n) is 5.16. The highest BCUT2D eigenvalue weighted by Gasteiger charge is 2.31. The quantitative estimate of drug-likeness (QED) is 0.647. The highest BCUT2D eigenvalue weighted by molar-refractivity contribution is 7.92. The average Bonchev–Trinajstić information content (AvgIpc) is 2.71. The third kappa shape index (κ3) is 3.10. The molecule has 1 aromatic rings. The molecule has 2 rings (SSSR count). The van der Waals surface area contributed by atoms with Gasteiger partial charge in [0.2, 0.25) is 0 Å². The first-order chi connectivity index (χ1) is 9.18. The molecule has 1 heterocycles. The maximum Gasteiger partial charge on any atom is 0.304 e. The first kappa shape index (κ1) is 15.2. The molecule has 0 saturated heterocycles. The lowest BCUT2D eigenvalue weighted by molar-refractivity contribution is -0.383. The smallest absolute Gasteiger partial charge is 0.304 e. The van der Waals surface area contributed by atoms with Gasteiger partial charge in [0, 0.05) is 25.9 Å². The summed E-state index contributed by atoms with van der Waals surface area (Å²) in [6, 6.07) is 1.11. The third-order valence-corrected chi connectivity index (χ3v) is 6.36. The van der Waals surface area contributed by atoms with Crippen LogP contribution in [0.3, 0.4) is 0 Å². The van der Waals surface area contributed by atoms with Gasteiger partial charge in [0.05, 0.1) is 11.0 Å². The van der Waals surface area contributed by atoms with Gasteiger partial charge in [0.25, 0.3) is 0 Å². The summed E-state index contributed by atoms with van der Waals surface area (Å²) >= 11 is 0.914. The zero-order chi connectivity index (χ0) is 15.1. The normalized spacial score (nSPS) is 22.4. The number of nitro groups is 1. The second-order valence-corrected chi connectivity index (χ2v) is 8.43. The van der Waals surface area contributed by atoms with E-state index in [2.05, 4.69) is 0 Å². The molecular weight excluding hydrogens is 304 g/mol. The lowest BCUT2D eigenvalue weighted by Gasteiger charge is -2.34. The van der Waals surface area contributed by atoms with Crippen molar-refractivity contribution in [2.45, 2.75) is 23.2 Å². The van der Waals surface area contributed by atoms with E-state index >= 15 is 0 Å². The minimum Gasteiger partial charge on any atom is -0.393 e. The summed E-state index contributed by atoms with van der Waals surface area (Å²) in [4.78, 5) is 12.2. The van der Waals surface area contributed by atoms with Crippen molar-refractivity contribution in [2.24, 2.45) is 5.92 Å². The van der Waals surface area contributed by atoms with Crippen LogP contribution in [0.5, 0.6) is 0 Å². The molecule has 1 aliphatic carbocycles. The van der Waals surface area contributed by atoms with E-state index in [9.17, 15) is 23.6 Å². The van der Waals surface area contributed by atoms with Crippen molar-refractivity contribution in [3.63, 3.8) is 0 Å². The fraction of sp³-hybridized carbons (Fsp3) is 0.636. The topological polar surface area (TPSA) is 101 Å². The highest BCUT2D eigenvalue weighted by Crippen LogP contribution is 2.40. The van der Waals surface area contributed by atoms with Crippen molar-refractivity contribution in [1.82, 2.24) is 0 Å². The molecule has 0 bridgehead atoms. The van der Waals surface area contributed by atoms with Crippen LogP contribution in [0.1, 0.15) is 12.8 Å². The van der Waals surface area contributed by atoms with E-state index in [1.165, 1.54) is 0 Å². The Morgan fingerprint density at radius 1 is 1.55 bits per heavy atom. The van der Waals surface area contributed by atoms with E-state index in [0.29, 0.717) is 30.3 Å². The molecule has 1 fully saturated rings. The molecule has 0 atom stereocenters. The first-order valence-electron chi connectivity index (χ1n) is 6.06. The van der Waals surface area contributed by atoms with Crippen LogP contribution >= 0.6 is 11.3 Å². The van der Waals surface area contributed by atoms with E-state index < -0.39 is 14.8 Å². The molecule has 0 amide bonds. The minimum absolute atomic E-state index is 0.000283. The Labute approximate surface area is 120 Å². The van der Waals surface area contributed by atoms with Crippen LogP contribution < -0.4 is 4.90 Å². The van der Waals surface area contributed by atoms with Gasteiger partial charge in [-0.25, -0.2) is 8.42 Å². The SMILES string of the molecule is CN(CC1CC(O)C1)c1sc(S(C)(=O)=O)cc1[N+](=O)[O-]. The zero-order valence-corrected chi connectivity index (χ0v) is 12.8. The van der Waals surface area contributed by atoms with Crippen molar-refractivity contribution in [1.29, 1.82) is 0 Å². The zero-order valence-electron chi connectivity index (χ0n) is 11.1. The molecule has 1 aliphatic rings. The molecule has 20 heavy (non-hydrogen) atoms. The van der Waals surface area contributed by atoms with Crippen molar-refractivity contribution in [3.8, 4) is 0 Å². The molecule has 0 unspecified atom stereocenters. The predicted molar refractivity (Wildman–Crippen MR) is 76.1 cm³/mol. The molecule has 0 aliphatic heterocycles. The Morgan fingerprint density at radius 3 is 2.60 bits per heavy atom.